The molecule has 2 aliphatic heterocycles. The average Bonchev–Trinajstić information content (AvgIpc) is 2.32. The number of nitrogens with zero attached hydrogens (tertiary/aromatic N) is 1. The van der Waals surface area contributed by atoms with E-state index in [0.717, 1.165) is 13.0 Å². The van der Waals surface area contributed by atoms with Crippen LogP contribution >= 0.6 is 0 Å². The molecule has 2 heterocycles. The fourth-order valence-electron chi connectivity index (χ4n) is 2.91. The Morgan fingerprint density at radius 2 is 2.06 bits per heavy atom. The second-order valence-electron chi connectivity index (χ2n) is 5.67. The van der Waals surface area contributed by atoms with E-state index in [4.69, 9.17) is 0 Å². The van der Waals surface area contributed by atoms with E-state index < -0.39 is 0 Å². The summed E-state index contributed by atoms with van der Waals surface area (Å²) < 4.78 is 0. The van der Waals surface area contributed by atoms with Gasteiger partial charge in [0.1, 0.15) is 0 Å². The van der Waals surface area contributed by atoms with Crippen LogP contribution in [0.15, 0.2) is 0 Å². The molecule has 0 bridgehead atoms. The van der Waals surface area contributed by atoms with Crippen LogP contribution in [0.25, 0.3) is 0 Å². The van der Waals surface area contributed by atoms with Gasteiger partial charge < -0.3 is 15.3 Å². The number of nitrogens with one attached hydrogen (secondary N) is 1. The van der Waals surface area contributed by atoms with E-state index in [9.17, 15) is 9.90 Å². The minimum absolute atomic E-state index is 0.00815. The molecule has 0 aromatic carbocycles. The first-order chi connectivity index (χ1) is 8.09. The molecular formula is C13H24N2O2. The quantitative estimate of drug-likeness (QED) is 0.706. The van der Waals surface area contributed by atoms with Crippen molar-refractivity contribution in [1.82, 2.24) is 10.2 Å². The van der Waals surface area contributed by atoms with Crippen molar-refractivity contribution >= 4 is 5.91 Å². The Labute approximate surface area is 103 Å². The number of carbonyl (C=O) groups excluding carboxylic acids is 1. The van der Waals surface area contributed by atoms with Crippen LogP contribution < -0.4 is 5.32 Å². The van der Waals surface area contributed by atoms with E-state index in [-0.39, 0.29) is 24.0 Å². The molecule has 17 heavy (non-hydrogen) atoms. The van der Waals surface area contributed by atoms with E-state index in [0.29, 0.717) is 25.4 Å². The molecule has 4 nitrogen and oxygen atoms in total. The molecule has 0 spiro atoms. The molecule has 0 aliphatic carbocycles. The first-order valence-electron chi connectivity index (χ1n) is 6.80. The fraction of sp³-hybridized carbons (Fsp3) is 0.923. The Kier molecular flexibility index (Phi) is 4.05. The minimum Gasteiger partial charge on any atom is -0.393 e. The molecule has 0 aromatic heterocycles. The third-order valence-electron chi connectivity index (χ3n) is 4.21. The van der Waals surface area contributed by atoms with Gasteiger partial charge in [-0.1, -0.05) is 13.8 Å². The maximum absolute atomic E-state index is 12.4. The van der Waals surface area contributed by atoms with Crippen molar-refractivity contribution in [2.45, 2.75) is 45.3 Å². The highest BCUT2D eigenvalue weighted by Crippen LogP contribution is 2.21. The van der Waals surface area contributed by atoms with E-state index in [1.54, 1.807) is 0 Å². The van der Waals surface area contributed by atoms with Crippen molar-refractivity contribution in [3.05, 3.63) is 0 Å². The van der Waals surface area contributed by atoms with Crippen LogP contribution in [0.2, 0.25) is 0 Å². The average molecular weight is 240 g/mol. The van der Waals surface area contributed by atoms with Crippen LogP contribution in [0.3, 0.4) is 0 Å². The summed E-state index contributed by atoms with van der Waals surface area (Å²) in [6, 6.07) is -0.00815. The number of carbonyl (C=O) groups is 1. The Morgan fingerprint density at radius 1 is 1.29 bits per heavy atom. The summed E-state index contributed by atoms with van der Waals surface area (Å²) in [5.41, 5.74) is 0. The molecule has 1 amide bonds. The molecule has 2 saturated heterocycles. The van der Waals surface area contributed by atoms with E-state index in [2.05, 4.69) is 12.2 Å². The summed E-state index contributed by atoms with van der Waals surface area (Å²) in [7, 11) is 0. The van der Waals surface area contributed by atoms with Crippen molar-refractivity contribution in [2.75, 3.05) is 19.6 Å². The third kappa shape index (κ3) is 2.80. The van der Waals surface area contributed by atoms with Crippen molar-refractivity contribution in [2.24, 2.45) is 11.8 Å². The van der Waals surface area contributed by atoms with Gasteiger partial charge in [0.05, 0.1) is 12.1 Å². The second-order valence-corrected chi connectivity index (χ2v) is 5.67. The predicted octanol–water partition coefficient (Wildman–Crippen LogP) is 0.604. The van der Waals surface area contributed by atoms with Gasteiger partial charge in [-0.3, -0.25) is 4.79 Å². The zero-order valence-corrected chi connectivity index (χ0v) is 10.9. The van der Waals surface area contributed by atoms with Gasteiger partial charge in [-0.2, -0.15) is 0 Å². The van der Waals surface area contributed by atoms with E-state index in [1.165, 1.54) is 6.42 Å². The molecule has 0 radical (unpaired) electrons. The van der Waals surface area contributed by atoms with Gasteiger partial charge in [0.2, 0.25) is 5.91 Å². The minimum atomic E-state index is -0.240. The van der Waals surface area contributed by atoms with Gasteiger partial charge in [-0.15, -0.1) is 0 Å². The highest BCUT2D eigenvalue weighted by molar-refractivity contribution is 5.82. The Hall–Kier alpha value is -0.610. The van der Waals surface area contributed by atoms with Crippen LogP contribution in [0, 0.1) is 11.8 Å². The van der Waals surface area contributed by atoms with Crippen LogP contribution in [0.5, 0.6) is 0 Å². The van der Waals surface area contributed by atoms with Crippen LogP contribution in [-0.2, 0) is 4.79 Å². The first kappa shape index (κ1) is 12.8. The Bertz CT molecular complexity index is 283. The van der Waals surface area contributed by atoms with Gasteiger partial charge in [-0.05, 0) is 37.6 Å². The number of hydrogen-bond donors (Lipinski definition) is 2. The number of piperidine rings is 2. The van der Waals surface area contributed by atoms with Crippen molar-refractivity contribution in [3.63, 3.8) is 0 Å². The molecule has 98 valence electrons. The standard InChI is InChI=1S/C13H24N2O2/c1-9-4-3-6-14-12(9)13(17)15-7-5-11(16)10(2)8-15/h9-12,14,16H,3-8H2,1-2H3. The predicted molar refractivity (Wildman–Crippen MR) is 66.6 cm³/mol. The van der Waals surface area contributed by atoms with Crippen molar-refractivity contribution in [3.8, 4) is 0 Å². The molecule has 2 aliphatic rings. The topological polar surface area (TPSA) is 52.6 Å². The summed E-state index contributed by atoms with van der Waals surface area (Å²) >= 11 is 0. The summed E-state index contributed by atoms with van der Waals surface area (Å²) in [6.07, 6.45) is 2.78. The summed E-state index contributed by atoms with van der Waals surface area (Å²) in [5.74, 6) is 0.862. The maximum Gasteiger partial charge on any atom is 0.239 e. The fourth-order valence-corrected chi connectivity index (χ4v) is 2.91. The largest absolute Gasteiger partial charge is 0.393 e. The number of aliphatic hydroxyl groups excluding tert-OH is 1. The normalized spacial score (nSPS) is 39.1. The number of likely N-dealkylation sites (tertiary alicyclic amines) is 1. The number of rotatable bonds is 1. The van der Waals surface area contributed by atoms with Gasteiger partial charge in [0.15, 0.2) is 0 Å². The smallest absolute Gasteiger partial charge is 0.239 e. The third-order valence-corrected chi connectivity index (χ3v) is 4.21. The molecular weight excluding hydrogens is 216 g/mol. The van der Waals surface area contributed by atoms with Gasteiger partial charge in [-0.25, -0.2) is 0 Å². The molecule has 4 atom stereocenters. The van der Waals surface area contributed by atoms with Gasteiger partial charge in [0.25, 0.3) is 0 Å². The number of aliphatic hydroxyl groups is 1. The van der Waals surface area contributed by atoms with Gasteiger partial charge >= 0.3 is 0 Å². The summed E-state index contributed by atoms with van der Waals surface area (Å²) in [4.78, 5) is 14.3. The Balaban J connectivity index is 1.95. The number of hydrogen-bond acceptors (Lipinski definition) is 3. The van der Waals surface area contributed by atoms with Crippen LogP contribution in [0.1, 0.15) is 33.1 Å². The molecule has 2 N–H and O–H groups in total. The second kappa shape index (κ2) is 5.36. The zero-order chi connectivity index (χ0) is 12.4. The highest BCUT2D eigenvalue weighted by Gasteiger charge is 2.34. The zero-order valence-electron chi connectivity index (χ0n) is 10.9. The summed E-state index contributed by atoms with van der Waals surface area (Å²) in [6.45, 7) is 6.52. The monoisotopic (exact) mass is 240 g/mol. The Morgan fingerprint density at radius 3 is 2.71 bits per heavy atom. The first-order valence-corrected chi connectivity index (χ1v) is 6.80. The molecule has 2 fully saturated rings. The lowest BCUT2D eigenvalue weighted by atomic mass is 9.90. The SMILES string of the molecule is CC1CN(C(=O)C2NCCCC2C)CCC1O. The highest BCUT2D eigenvalue weighted by atomic mass is 16.3. The van der Waals surface area contributed by atoms with Crippen molar-refractivity contribution < 1.29 is 9.90 Å². The molecule has 0 saturated carbocycles. The maximum atomic E-state index is 12.4. The number of amides is 1. The van der Waals surface area contributed by atoms with Gasteiger partial charge in [0, 0.05) is 13.1 Å². The lowest BCUT2D eigenvalue weighted by Gasteiger charge is -2.39. The molecule has 4 unspecified atom stereocenters. The molecule has 2 rings (SSSR count). The van der Waals surface area contributed by atoms with Crippen molar-refractivity contribution in [1.29, 1.82) is 0 Å². The summed E-state index contributed by atoms with van der Waals surface area (Å²) in [5, 5.41) is 13.0. The molecule has 4 heteroatoms. The van der Waals surface area contributed by atoms with E-state index >= 15 is 0 Å². The lowest BCUT2D eigenvalue weighted by Crippen LogP contribution is -2.55. The lowest BCUT2D eigenvalue weighted by molar-refractivity contribution is -0.138. The van der Waals surface area contributed by atoms with E-state index in [1.807, 2.05) is 11.8 Å². The van der Waals surface area contributed by atoms with Crippen LogP contribution in [0.4, 0.5) is 0 Å². The van der Waals surface area contributed by atoms with Crippen LogP contribution in [-0.4, -0.2) is 47.7 Å². The molecule has 0 aromatic rings.